The molecule has 0 amide bonds. The molecule has 1 saturated carbocycles. The maximum absolute atomic E-state index is 5.81. The summed E-state index contributed by atoms with van der Waals surface area (Å²) in [6, 6.07) is 5.65. The molecule has 3 heteroatoms. The van der Waals surface area contributed by atoms with Gasteiger partial charge < -0.3 is 10.1 Å². The Labute approximate surface area is 114 Å². The van der Waals surface area contributed by atoms with Gasteiger partial charge in [-0.2, -0.15) is 0 Å². The van der Waals surface area contributed by atoms with E-state index in [9.17, 15) is 0 Å². The molecule has 1 aliphatic carbocycles. The maximum Gasteiger partial charge on any atom is 0.0641 e. The second kappa shape index (κ2) is 4.95. The van der Waals surface area contributed by atoms with Crippen molar-refractivity contribution in [1.82, 2.24) is 5.32 Å². The molecule has 1 aromatic rings. The van der Waals surface area contributed by atoms with Crippen LogP contribution in [0.25, 0.3) is 0 Å². The first-order chi connectivity index (χ1) is 8.64. The van der Waals surface area contributed by atoms with Gasteiger partial charge in [0.05, 0.1) is 5.60 Å². The summed E-state index contributed by atoms with van der Waals surface area (Å²) in [6.07, 6.45) is 5.06. The molecule has 100 valence electrons. The third-order valence-electron chi connectivity index (χ3n) is 4.06. The molecule has 2 heterocycles. The zero-order valence-electron chi connectivity index (χ0n) is 11.3. The number of thiophene rings is 1. The van der Waals surface area contributed by atoms with Crippen LogP contribution >= 0.6 is 11.3 Å². The normalized spacial score (nSPS) is 29.1. The molecular formula is C15H23NOS. The van der Waals surface area contributed by atoms with Crippen LogP contribution in [0.15, 0.2) is 17.5 Å². The van der Waals surface area contributed by atoms with Crippen LogP contribution < -0.4 is 5.32 Å². The van der Waals surface area contributed by atoms with Crippen LogP contribution in [-0.4, -0.2) is 18.2 Å². The van der Waals surface area contributed by atoms with E-state index in [2.05, 4.69) is 36.7 Å². The zero-order chi connectivity index (χ0) is 12.6. The molecule has 1 aliphatic heterocycles. The molecule has 2 aliphatic rings. The van der Waals surface area contributed by atoms with Gasteiger partial charge in [-0.1, -0.05) is 6.07 Å². The van der Waals surface area contributed by atoms with Gasteiger partial charge in [-0.05, 0) is 56.9 Å². The average molecular weight is 265 g/mol. The van der Waals surface area contributed by atoms with Crippen LogP contribution in [-0.2, 0) is 4.74 Å². The van der Waals surface area contributed by atoms with Gasteiger partial charge in [-0.15, -0.1) is 11.3 Å². The van der Waals surface area contributed by atoms with Crippen LogP contribution in [0.2, 0.25) is 0 Å². The predicted molar refractivity (Wildman–Crippen MR) is 76.0 cm³/mol. The van der Waals surface area contributed by atoms with Crippen molar-refractivity contribution in [2.75, 3.05) is 6.61 Å². The predicted octanol–water partition coefficient (Wildman–Crippen LogP) is 3.75. The van der Waals surface area contributed by atoms with Gasteiger partial charge in [-0.3, -0.25) is 0 Å². The summed E-state index contributed by atoms with van der Waals surface area (Å²) in [5.41, 5.74) is 0.0411. The minimum Gasteiger partial charge on any atom is -0.375 e. The Hall–Kier alpha value is -0.380. The molecule has 0 spiro atoms. The van der Waals surface area contributed by atoms with Crippen molar-refractivity contribution in [3.8, 4) is 0 Å². The number of ether oxygens (including phenoxy) is 1. The molecule has 18 heavy (non-hydrogen) atoms. The van der Waals surface area contributed by atoms with Crippen LogP contribution in [0, 0.1) is 5.92 Å². The summed E-state index contributed by atoms with van der Waals surface area (Å²) < 4.78 is 5.81. The fourth-order valence-corrected chi connectivity index (χ4v) is 3.85. The van der Waals surface area contributed by atoms with Gasteiger partial charge in [0.2, 0.25) is 0 Å². The van der Waals surface area contributed by atoms with E-state index < -0.39 is 0 Å². The molecule has 2 fully saturated rings. The molecule has 1 saturated heterocycles. The van der Waals surface area contributed by atoms with Crippen molar-refractivity contribution in [1.29, 1.82) is 0 Å². The molecule has 2 unspecified atom stereocenters. The molecule has 2 nitrogen and oxygen atoms in total. The zero-order valence-corrected chi connectivity index (χ0v) is 12.1. The quantitative estimate of drug-likeness (QED) is 0.895. The third kappa shape index (κ3) is 2.95. The Morgan fingerprint density at radius 1 is 1.39 bits per heavy atom. The highest BCUT2D eigenvalue weighted by atomic mass is 32.1. The average Bonchev–Trinajstić information content (AvgIpc) is 3.00. The third-order valence-corrected chi connectivity index (χ3v) is 5.01. The first kappa shape index (κ1) is 12.6. The highest BCUT2D eigenvalue weighted by molar-refractivity contribution is 7.10. The number of rotatable bonds is 4. The Kier molecular flexibility index (Phi) is 3.48. The molecule has 3 rings (SSSR count). The van der Waals surface area contributed by atoms with Crippen LogP contribution in [0.5, 0.6) is 0 Å². The van der Waals surface area contributed by atoms with Crippen molar-refractivity contribution in [3.05, 3.63) is 22.4 Å². The van der Waals surface area contributed by atoms with Gasteiger partial charge in [0.25, 0.3) is 0 Å². The standard InChI is InChI=1S/C15H23NOS/c1-15(2)10-12(7-8-17-15)16-14(11-5-6-11)13-4-3-9-18-13/h3-4,9,11-12,14,16H,5-8,10H2,1-2H3. The molecule has 1 N–H and O–H groups in total. The van der Waals surface area contributed by atoms with Gasteiger partial charge in [0.15, 0.2) is 0 Å². The van der Waals surface area contributed by atoms with Crippen LogP contribution in [0.3, 0.4) is 0 Å². The van der Waals surface area contributed by atoms with E-state index in [4.69, 9.17) is 4.74 Å². The molecule has 0 bridgehead atoms. The Morgan fingerprint density at radius 3 is 2.83 bits per heavy atom. The van der Waals surface area contributed by atoms with Crippen molar-refractivity contribution in [3.63, 3.8) is 0 Å². The summed E-state index contributed by atoms with van der Waals surface area (Å²) in [6.45, 7) is 5.31. The monoisotopic (exact) mass is 265 g/mol. The largest absolute Gasteiger partial charge is 0.375 e. The van der Waals surface area contributed by atoms with E-state index in [-0.39, 0.29) is 5.60 Å². The smallest absolute Gasteiger partial charge is 0.0641 e. The van der Waals surface area contributed by atoms with E-state index >= 15 is 0 Å². The fraction of sp³-hybridized carbons (Fsp3) is 0.733. The first-order valence-corrected chi connectivity index (χ1v) is 7.95. The van der Waals surface area contributed by atoms with E-state index in [1.54, 1.807) is 0 Å². The first-order valence-electron chi connectivity index (χ1n) is 7.07. The highest BCUT2D eigenvalue weighted by Gasteiger charge is 2.36. The molecule has 0 radical (unpaired) electrons. The summed E-state index contributed by atoms with van der Waals surface area (Å²) in [4.78, 5) is 1.52. The summed E-state index contributed by atoms with van der Waals surface area (Å²) in [5, 5.41) is 6.10. The lowest BCUT2D eigenvalue weighted by atomic mass is 9.93. The Balaban J connectivity index is 1.66. The van der Waals surface area contributed by atoms with Crippen molar-refractivity contribution in [2.24, 2.45) is 5.92 Å². The summed E-state index contributed by atoms with van der Waals surface area (Å²) in [5.74, 6) is 0.870. The lowest BCUT2D eigenvalue weighted by Gasteiger charge is -2.37. The molecule has 1 aromatic heterocycles. The fourth-order valence-electron chi connectivity index (χ4n) is 2.98. The van der Waals surface area contributed by atoms with Gasteiger partial charge in [0.1, 0.15) is 0 Å². The van der Waals surface area contributed by atoms with E-state index in [1.165, 1.54) is 17.7 Å². The number of hydrogen-bond acceptors (Lipinski definition) is 3. The Bertz CT molecular complexity index is 383. The van der Waals surface area contributed by atoms with E-state index in [1.807, 2.05) is 11.3 Å². The summed E-state index contributed by atoms with van der Waals surface area (Å²) in [7, 11) is 0. The van der Waals surface area contributed by atoms with Gasteiger partial charge in [0, 0.05) is 23.6 Å². The SMILES string of the molecule is CC1(C)CC(NC(c2cccs2)C2CC2)CCO1. The number of hydrogen-bond donors (Lipinski definition) is 1. The topological polar surface area (TPSA) is 21.3 Å². The van der Waals surface area contributed by atoms with Crippen molar-refractivity contribution >= 4 is 11.3 Å². The van der Waals surface area contributed by atoms with Crippen LogP contribution in [0.1, 0.15) is 50.4 Å². The summed E-state index contributed by atoms with van der Waals surface area (Å²) >= 11 is 1.89. The van der Waals surface area contributed by atoms with E-state index in [0.717, 1.165) is 25.4 Å². The van der Waals surface area contributed by atoms with Gasteiger partial charge in [-0.25, -0.2) is 0 Å². The van der Waals surface area contributed by atoms with Crippen molar-refractivity contribution in [2.45, 2.75) is 57.2 Å². The lowest BCUT2D eigenvalue weighted by molar-refractivity contribution is -0.0645. The maximum atomic E-state index is 5.81. The highest BCUT2D eigenvalue weighted by Crippen LogP contribution is 2.43. The minimum atomic E-state index is 0.0411. The molecule has 0 aromatic carbocycles. The minimum absolute atomic E-state index is 0.0411. The second-order valence-electron chi connectivity index (χ2n) is 6.30. The molecule has 2 atom stereocenters. The second-order valence-corrected chi connectivity index (χ2v) is 7.27. The van der Waals surface area contributed by atoms with Crippen molar-refractivity contribution < 1.29 is 4.74 Å². The van der Waals surface area contributed by atoms with Gasteiger partial charge >= 0.3 is 0 Å². The van der Waals surface area contributed by atoms with E-state index in [0.29, 0.717) is 12.1 Å². The van der Waals surface area contributed by atoms with Crippen LogP contribution in [0.4, 0.5) is 0 Å². The number of nitrogens with one attached hydrogen (secondary N) is 1. The Morgan fingerprint density at radius 2 is 2.22 bits per heavy atom. The lowest BCUT2D eigenvalue weighted by Crippen LogP contribution is -2.45. The molecular weight excluding hydrogens is 242 g/mol.